The predicted octanol–water partition coefficient (Wildman–Crippen LogP) is 1.07. The van der Waals surface area contributed by atoms with Crippen LogP contribution in [0.4, 0.5) is 0 Å². The molecule has 5 heteroatoms. The number of halogens is 1. The molecule has 2 rings (SSSR count). The van der Waals surface area contributed by atoms with Gasteiger partial charge in [0.25, 0.3) is 0 Å². The molecular formula is C9H12BrN3O. The minimum Gasteiger partial charge on any atom is -0.379 e. The summed E-state index contributed by atoms with van der Waals surface area (Å²) in [5.41, 5.74) is 0. The van der Waals surface area contributed by atoms with Gasteiger partial charge in [0.1, 0.15) is 5.82 Å². The minimum atomic E-state index is 0.816. The van der Waals surface area contributed by atoms with Crippen molar-refractivity contribution in [1.82, 2.24) is 14.9 Å². The molecule has 76 valence electrons. The average Bonchev–Trinajstić information content (AvgIpc) is 2.23. The molecule has 1 aliphatic heterocycles. The molecule has 14 heavy (non-hydrogen) atoms. The number of hydrogen-bond acceptors (Lipinski definition) is 4. The summed E-state index contributed by atoms with van der Waals surface area (Å²) >= 11 is 3.31. The van der Waals surface area contributed by atoms with Crippen LogP contribution in [0.15, 0.2) is 16.9 Å². The van der Waals surface area contributed by atoms with E-state index >= 15 is 0 Å². The van der Waals surface area contributed by atoms with Crippen molar-refractivity contribution in [2.24, 2.45) is 0 Å². The molecule has 0 radical (unpaired) electrons. The molecule has 0 aliphatic carbocycles. The Bertz CT molecular complexity index is 285. The van der Waals surface area contributed by atoms with Crippen LogP contribution in [0.3, 0.4) is 0 Å². The number of nitrogens with zero attached hydrogens (tertiary/aromatic N) is 3. The van der Waals surface area contributed by atoms with Gasteiger partial charge in [-0.15, -0.1) is 0 Å². The van der Waals surface area contributed by atoms with Gasteiger partial charge in [-0.05, 0) is 15.9 Å². The summed E-state index contributed by atoms with van der Waals surface area (Å²) in [6, 6.07) is 0. The topological polar surface area (TPSA) is 38.2 Å². The fraction of sp³-hybridized carbons (Fsp3) is 0.556. The molecule has 0 spiro atoms. The second-order valence-corrected chi connectivity index (χ2v) is 4.12. The van der Waals surface area contributed by atoms with Crippen LogP contribution in [0, 0.1) is 0 Å². The van der Waals surface area contributed by atoms with Crippen LogP contribution in [0.25, 0.3) is 0 Å². The fourth-order valence-corrected chi connectivity index (χ4v) is 1.58. The summed E-state index contributed by atoms with van der Waals surface area (Å²) in [6.45, 7) is 4.39. The summed E-state index contributed by atoms with van der Waals surface area (Å²) in [7, 11) is 0. The van der Waals surface area contributed by atoms with E-state index in [-0.39, 0.29) is 0 Å². The maximum Gasteiger partial charge on any atom is 0.142 e. The summed E-state index contributed by atoms with van der Waals surface area (Å²) < 4.78 is 6.19. The fourth-order valence-electron chi connectivity index (χ4n) is 1.38. The maximum absolute atomic E-state index is 5.27. The first-order chi connectivity index (χ1) is 6.84. The third-order valence-corrected chi connectivity index (χ3v) is 2.55. The Morgan fingerprint density at radius 1 is 1.29 bits per heavy atom. The Balaban J connectivity index is 1.92. The number of aromatic nitrogens is 2. The molecule has 1 aromatic heterocycles. The van der Waals surface area contributed by atoms with E-state index in [0.717, 1.165) is 43.1 Å². The lowest BCUT2D eigenvalue weighted by Gasteiger charge is -2.25. The van der Waals surface area contributed by atoms with Gasteiger partial charge in [0.05, 0.1) is 24.2 Å². The third-order valence-electron chi connectivity index (χ3n) is 2.14. The lowest BCUT2D eigenvalue weighted by atomic mass is 10.4. The molecule has 0 bridgehead atoms. The van der Waals surface area contributed by atoms with Crippen molar-refractivity contribution in [2.45, 2.75) is 6.54 Å². The lowest BCUT2D eigenvalue weighted by molar-refractivity contribution is 0.0330. The molecule has 0 saturated carbocycles. The quantitative estimate of drug-likeness (QED) is 0.795. The Morgan fingerprint density at radius 2 is 1.93 bits per heavy atom. The number of morpholine rings is 1. The second kappa shape index (κ2) is 4.82. The summed E-state index contributed by atoms with van der Waals surface area (Å²) in [5.74, 6) is 0.870. The number of hydrogen-bond donors (Lipinski definition) is 0. The van der Waals surface area contributed by atoms with Crippen LogP contribution in [-0.2, 0) is 11.3 Å². The smallest absolute Gasteiger partial charge is 0.142 e. The van der Waals surface area contributed by atoms with Crippen LogP contribution >= 0.6 is 15.9 Å². The monoisotopic (exact) mass is 257 g/mol. The number of rotatable bonds is 2. The first-order valence-corrected chi connectivity index (χ1v) is 5.40. The SMILES string of the molecule is Brc1cnc(CN2CCOCC2)nc1. The van der Waals surface area contributed by atoms with Gasteiger partial charge in [0, 0.05) is 25.5 Å². The minimum absolute atomic E-state index is 0.816. The van der Waals surface area contributed by atoms with Gasteiger partial charge in [0.2, 0.25) is 0 Å². The molecule has 1 saturated heterocycles. The van der Waals surface area contributed by atoms with E-state index in [4.69, 9.17) is 4.74 Å². The zero-order valence-electron chi connectivity index (χ0n) is 7.82. The Kier molecular flexibility index (Phi) is 3.44. The van der Waals surface area contributed by atoms with E-state index < -0.39 is 0 Å². The van der Waals surface area contributed by atoms with Crippen molar-refractivity contribution in [3.8, 4) is 0 Å². The zero-order chi connectivity index (χ0) is 9.80. The lowest BCUT2D eigenvalue weighted by Crippen LogP contribution is -2.36. The van der Waals surface area contributed by atoms with E-state index in [1.807, 2.05) is 0 Å². The summed E-state index contributed by atoms with van der Waals surface area (Å²) in [4.78, 5) is 10.8. The van der Waals surface area contributed by atoms with Crippen LogP contribution in [-0.4, -0.2) is 41.2 Å². The normalized spacial score (nSPS) is 18.4. The van der Waals surface area contributed by atoms with Gasteiger partial charge in [-0.3, -0.25) is 4.90 Å². The van der Waals surface area contributed by atoms with Gasteiger partial charge in [-0.1, -0.05) is 0 Å². The van der Waals surface area contributed by atoms with Gasteiger partial charge < -0.3 is 4.74 Å². The van der Waals surface area contributed by atoms with Gasteiger partial charge in [0.15, 0.2) is 0 Å². The van der Waals surface area contributed by atoms with E-state index in [0.29, 0.717) is 0 Å². The van der Waals surface area contributed by atoms with Gasteiger partial charge in [-0.25, -0.2) is 9.97 Å². The molecule has 2 heterocycles. The molecule has 0 unspecified atom stereocenters. The van der Waals surface area contributed by atoms with E-state index in [1.54, 1.807) is 12.4 Å². The first-order valence-electron chi connectivity index (χ1n) is 4.61. The molecule has 1 aromatic rings. The van der Waals surface area contributed by atoms with Crippen LogP contribution in [0.5, 0.6) is 0 Å². The van der Waals surface area contributed by atoms with Crippen molar-refractivity contribution in [3.63, 3.8) is 0 Å². The standard InChI is InChI=1S/C9H12BrN3O/c10-8-5-11-9(12-6-8)7-13-1-3-14-4-2-13/h5-6H,1-4,7H2. The molecule has 0 amide bonds. The molecule has 1 fully saturated rings. The van der Waals surface area contributed by atoms with Crippen LogP contribution in [0.2, 0.25) is 0 Å². The van der Waals surface area contributed by atoms with E-state index in [9.17, 15) is 0 Å². The summed E-state index contributed by atoms with van der Waals surface area (Å²) in [5, 5.41) is 0. The van der Waals surface area contributed by atoms with Gasteiger partial charge in [-0.2, -0.15) is 0 Å². The molecule has 0 aromatic carbocycles. The van der Waals surface area contributed by atoms with E-state index in [1.165, 1.54) is 0 Å². The number of ether oxygens (including phenoxy) is 1. The highest BCUT2D eigenvalue weighted by atomic mass is 79.9. The van der Waals surface area contributed by atoms with Crippen molar-refractivity contribution >= 4 is 15.9 Å². The molecule has 0 atom stereocenters. The molecule has 1 aliphatic rings. The van der Waals surface area contributed by atoms with Crippen molar-refractivity contribution in [1.29, 1.82) is 0 Å². The van der Waals surface area contributed by atoms with Crippen LogP contribution in [0.1, 0.15) is 5.82 Å². The highest BCUT2D eigenvalue weighted by Crippen LogP contribution is 2.06. The Hall–Kier alpha value is -0.520. The first kappa shape index (κ1) is 10.0. The largest absolute Gasteiger partial charge is 0.379 e. The second-order valence-electron chi connectivity index (χ2n) is 3.21. The van der Waals surface area contributed by atoms with Crippen LogP contribution < -0.4 is 0 Å². The van der Waals surface area contributed by atoms with Crippen molar-refractivity contribution in [3.05, 3.63) is 22.7 Å². The van der Waals surface area contributed by atoms with Gasteiger partial charge >= 0.3 is 0 Å². The highest BCUT2D eigenvalue weighted by Gasteiger charge is 2.11. The van der Waals surface area contributed by atoms with E-state index in [2.05, 4.69) is 30.8 Å². The molecule has 4 nitrogen and oxygen atoms in total. The molecule has 0 N–H and O–H groups in total. The zero-order valence-corrected chi connectivity index (χ0v) is 9.40. The summed E-state index contributed by atoms with van der Waals surface area (Å²) in [6.07, 6.45) is 3.56. The maximum atomic E-state index is 5.27. The van der Waals surface area contributed by atoms with Crippen molar-refractivity contribution < 1.29 is 4.74 Å². The van der Waals surface area contributed by atoms with Crippen molar-refractivity contribution in [2.75, 3.05) is 26.3 Å². The Morgan fingerprint density at radius 3 is 2.57 bits per heavy atom. The highest BCUT2D eigenvalue weighted by molar-refractivity contribution is 9.10. The average molecular weight is 258 g/mol. The Labute approximate surface area is 91.4 Å². The predicted molar refractivity (Wildman–Crippen MR) is 55.8 cm³/mol. The molecular weight excluding hydrogens is 246 g/mol. The third kappa shape index (κ3) is 2.73.